The fourth-order valence-corrected chi connectivity index (χ4v) is 1.31. The van der Waals surface area contributed by atoms with Crippen molar-refractivity contribution in [1.29, 1.82) is 0 Å². The van der Waals surface area contributed by atoms with E-state index in [1.54, 1.807) is 12.1 Å². The smallest absolute Gasteiger partial charge is 0.219 e. The van der Waals surface area contributed by atoms with E-state index in [0.29, 0.717) is 6.54 Å². The quantitative estimate of drug-likeness (QED) is 0.891. The Labute approximate surface area is 96.9 Å². The van der Waals surface area contributed by atoms with Gasteiger partial charge in [-0.15, -0.1) is 0 Å². The van der Waals surface area contributed by atoms with Crippen molar-refractivity contribution >= 4 is 0 Å². The average Bonchev–Trinajstić information content (AvgIpc) is 2.35. The van der Waals surface area contributed by atoms with Crippen LogP contribution in [0.5, 0.6) is 11.6 Å². The Hall–Kier alpha value is -2.01. The molecule has 0 saturated carbocycles. The molecule has 0 saturated heterocycles. The van der Waals surface area contributed by atoms with Crippen LogP contribution in [0.2, 0.25) is 0 Å². The molecule has 0 atom stereocenters. The predicted molar refractivity (Wildman–Crippen MR) is 58.6 cm³/mol. The van der Waals surface area contributed by atoms with Crippen LogP contribution in [0.25, 0.3) is 0 Å². The lowest BCUT2D eigenvalue weighted by molar-refractivity contribution is 0.405. The third kappa shape index (κ3) is 2.57. The first-order valence-corrected chi connectivity index (χ1v) is 4.97. The second kappa shape index (κ2) is 4.88. The topological polar surface area (TPSA) is 48.1 Å². The molecule has 0 aliphatic carbocycles. The molecular formula is C12H10F2N2O. The number of nitrogens with zero attached hydrogens (tertiary/aromatic N) is 1. The molecule has 0 amide bonds. The number of aromatic nitrogens is 1. The second-order valence-corrected chi connectivity index (χ2v) is 3.36. The lowest BCUT2D eigenvalue weighted by Crippen LogP contribution is -1.98. The van der Waals surface area contributed by atoms with Crippen molar-refractivity contribution in [3.8, 4) is 11.6 Å². The Balaban J connectivity index is 2.28. The second-order valence-electron chi connectivity index (χ2n) is 3.36. The van der Waals surface area contributed by atoms with Gasteiger partial charge in [0, 0.05) is 18.8 Å². The van der Waals surface area contributed by atoms with E-state index in [0.717, 1.165) is 11.6 Å². The van der Waals surface area contributed by atoms with Gasteiger partial charge in [-0.05, 0) is 23.8 Å². The van der Waals surface area contributed by atoms with Crippen molar-refractivity contribution in [3.05, 3.63) is 53.7 Å². The van der Waals surface area contributed by atoms with Crippen LogP contribution in [-0.4, -0.2) is 4.98 Å². The van der Waals surface area contributed by atoms with Gasteiger partial charge in [-0.2, -0.15) is 4.39 Å². The fourth-order valence-electron chi connectivity index (χ4n) is 1.31. The van der Waals surface area contributed by atoms with Crippen molar-refractivity contribution in [2.24, 2.45) is 5.73 Å². The van der Waals surface area contributed by atoms with Crippen molar-refractivity contribution in [2.75, 3.05) is 0 Å². The van der Waals surface area contributed by atoms with Crippen molar-refractivity contribution in [2.45, 2.75) is 6.54 Å². The van der Waals surface area contributed by atoms with Gasteiger partial charge >= 0.3 is 0 Å². The summed E-state index contributed by atoms with van der Waals surface area (Å²) in [5.41, 5.74) is 6.25. The highest BCUT2D eigenvalue weighted by Crippen LogP contribution is 2.24. The molecule has 0 aliphatic rings. The number of pyridine rings is 1. The lowest BCUT2D eigenvalue weighted by Gasteiger charge is -2.06. The summed E-state index contributed by atoms with van der Waals surface area (Å²) >= 11 is 0. The number of benzene rings is 1. The normalized spacial score (nSPS) is 10.3. The summed E-state index contributed by atoms with van der Waals surface area (Å²) in [6, 6.07) is 7.00. The van der Waals surface area contributed by atoms with Gasteiger partial charge in [0.1, 0.15) is 0 Å². The molecule has 0 unspecified atom stereocenters. The van der Waals surface area contributed by atoms with Gasteiger partial charge in [-0.25, -0.2) is 9.37 Å². The number of ether oxygens (including phenoxy) is 1. The fraction of sp³-hybridized carbons (Fsp3) is 0.0833. The van der Waals surface area contributed by atoms with E-state index >= 15 is 0 Å². The zero-order chi connectivity index (χ0) is 12.3. The minimum absolute atomic E-state index is 0.178. The maximum Gasteiger partial charge on any atom is 0.219 e. The lowest BCUT2D eigenvalue weighted by atomic mass is 10.3. The van der Waals surface area contributed by atoms with E-state index in [4.69, 9.17) is 10.5 Å². The largest absolute Gasteiger partial charge is 0.436 e. The van der Waals surface area contributed by atoms with Gasteiger partial charge in [-0.3, -0.25) is 0 Å². The van der Waals surface area contributed by atoms with E-state index in [1.807, 2.05) is 0 Å². The van der Waals surface area contributed by atoms with Crippen molar-refractivity contribution < 1.29 is 13.5 Å². The van der Waals surface area contributed by atoms with Crippen LogP contribution in [-0.2, 0) is 6.54 Å². The minimum Gasteiger partial charge on any atom is -0.436 e. The van der Waals surface area contributed by atoms with Crippen LogP contribution in [0, 0.1) is 11.6 Å². The average molecular weight is 236 g/mol. The van der Waals surface area contributed by atoms with Gasteiger partial charge in [0.15, 0.2) is 11.6 Å². The Bertz CT molecular complexity index is 532. The molecule has 1 aromatic carbocycles. The molecule has 0 bridgehead atoms. The molecule has 2 N–H and O–H groups in total. The Morgan fingerprint density at radius 1 is 1.24 bits per heavy atom. The first-order valence-electron chi connectivity index (χ1n) is 4.97. The zero-order valence-electron chi connectivity index (χ0n) is 8.86. The Morgan fingerprint density at radius 2 is 2.06 bits per heavy atom. The van der Waals surface area contributed by atoms with Crippen LogP contribution >= 0.6 is 0 Å². The first kappa shape index (κ1) is 11.5. The van der Waals surface area contributed by atoms with Crippen molar-refractivity contribution in [1.82, 2.24) is 4.98 Å². The molecule has 2 aromatic rings. The maximum atomic E-state index is 13.3. The van der Waals surface area contributed by atoms with Gasteiger partial charge in [0.25, 0.3) is 0 Å². The zero-order valence-corrected chi connectivity index (χ0v) is 8.86. The van der Waals surface area contributed by atoms with Crippen LogP contribution in [0.1, 0.15) is 5.56 Å². The van der Waals surface area contributed by atoms with E-state index in [2.05, 4.69) is 4.98 Å². The van der Waals surface area contributed by atoms with Gasteiger partial charge in [-0.1, -0.05) is 6.07 Å². The first-order chi connectivity index (χ1) is 8.20. The van der Waals surface area contributed by atoms with Crippen molar-refractivity contribution in [3.63, 3.8) is 0 Å². The summed E-state index contributed by atoms with van der Waals surface area (Å²) in [5.74, 6) is -2.02. The van der Waals surface area contributed by atoms with Crippen LogP contribution in [0.4, 0.5) is 8.78 Å². The Morgan fingerprint density at radius 3 is 2.82 bits per heavy atom. The molecule has 1 heterocycles. The molecule has 0 fully saturated rings. The number of hydrogen-bond acceptors (Lipinski definition) is 3. The number of hydrogen-bond donors (Lipinski definition) is 1. The van der Waals surface area contributed by atoms with E-state index in [9.17, 15) is 8.78 Å². The molecule has 0 spiro atoms. The Kier molecular flexibility index (Phi) is 3.30. The molecule has 0 aliphatic heterocycles. The molecule has 0 radical (unpaired) electrons. The van der Waals surface area contributed by atoms with Gasteiger partial charge < -0.3 is 10.5 Å². The van der Waals surface area contributed by atoms with Gasteiger partial charge in [0.2, 0.25) is 11.7 Å². The number of halogens is 2. The van der Waals surface area contributed by atoms with E-state index in [1.165, 1.54) is 18.3 Å². The molecule has 88 valence electrons. The molecule has 1 aromatic heterocycles. The summed E-state index contributed by atoms with van der Waals surface area (Å²) in [6.45, 7) is 0.324. The van der Waals surface area contributed by atoms with E-state index in [-0.39, 0.29) is 11.6 Å². The summed E-state index contributed by atoms with van der Waals surface area (Å²) in [6.07, 6.45) is 1.49. The monoisotopic (exact) mass is 236 g/mol. The van der Waals surface area contributed by atoms with Crippen LogP contribution in [0.3, 0.4) is 0 Å². The van der Waals surface area contributed by atoms with Crippen LogP contribution < -0.4 is 10.5 Å². The maximum absolute atomic E-state index is 13.3. The summed E-state index contributed by atoms with van der Waals surface area (Å²) in [5, 5.41) is 0. The molecule has 17 heavy (non-hydrogen) atoms. The number of nitrogens with two attached hydrogens (primary N) is 1. The summed E-state index contributed by atoms with van der Waals surface area (Å²) in [4.78, 5) is 3.89. The third-order valence-corrected chi connectivity index (χ3v) is 2.17. The summed E-state index contributed by atoms with van der Waals surface area (Å²) in [7, 11) is 0. The van der Waals surface area contributed by atoms with E-state index < -0.39 is 11.6 Å². The summed E-state index contributed by atoms with van der Waals surface area (Å²) < 4.78 is 31.4. The number of rotatable bonds is 3. The van der Waals surface area contributed by atoms with Crippen LogP contribution in [0.15, 0.2) is 36.5 Å². The standard InChI is InChI=1S/C12H10F2N2O/c13-9-2-1-3-10(12(9)14)17-11-6-8(7-15)4-5-16-11/h1-6H,7,15H2. The highest BCUT2D eigenvalue weighted by molar-refractivity contribution is 5.30. The molecular weight excluding hydrogens is 226 g/mol. The van der Waals surface area contributed by atoms with Gasteiger partial charge in [0.05, 0.1) is 0 Å². The predicted octanol–water partition coefficient (Wildman–Crippen LogP) is 2.61. The third-order valence-electron chi connectivity index (χ3n) is 2.17. The SMILES string of the molecule is NCc1ccnc(Oc2cccc(F)c2F)c1. The highest BCUT2D eigenvalue weighted by Gasteiger charge is 2.10. The minimum atomic E-state index is -1.03. The molecule has 2 rings (SSSR count). The highest BCUT2D eigenvalue weighted by atomic mass is 19.2. The molecule has 3 nitrogen and oxygen atoms in total. The molecule has 5 heteroatoms.